The van der Waals surface area contributed by atoms with Crippen LogP contribution in [-0.2, 0) is 17.9 Å². The molecule has 2 amide bonds. The number of carbonyl (C=O) groups is 2. The molecular weight excluding hydrogens is 408 g/mol. The normalized spacial score (nSPS) is 16.3. The van der Waals surface area contributed by atoms with E-state index >= 15 is 0 Å². The Hall–Kier alpha value is -3.17. The molecule has 1 N–H and O–H groups in total. The fraction of sp³-hybridized carbons (Fsp3) is 0.591. The van der Waals surface area contributed by atoms with Gasteiger partial charge in [0.1, 0.15) is 11.5 Å². The van der Waals surface area contributed by atoms with Gasteiger partial charge in [-0.3, -0.25) is 14.3 Å². The lowest BCUT2D eigenvalue weighted by atomic mass is 10.2. The van der Waals surface area contributed by atoms with Crippen molar-refractivity contribution in [3.63, 3.8) is 0 Å². The lowest BCUT2D eigenvalue weighted by Crippen LogP contribution is -2.48. The molecule has 10 heteroatoms. The van der Waals surface area contributed by atoms with Crippen molar-refractivity contribution in [2.45, 2.75) is 59.8 Å². The Morgan fingerprint density at radius 2 is 1.81 bits per heavy atom. The number of hydrogen-bond donors (Lipinski definition) is 1. The number of fused-ring (bicyclic) bond motifs is 1. The Bertz CT molecular complexity index is 1010. The first-order chi connectivity index (χ1) is 15.2. The van der Waals surface area contributed by atoms with Crippen molar-refractivity contribution in [2.24, 2.45) is 0 Å². The van der Waals surface area contributed by atoms with Gasteiger partial charge in [0.05, 0.1) is 12.7 Å². The first-order valence-electron chi connectivity index (χ1n) is 11.2. The lowest BCUT2D eigenvalue weighted by molar-refractivity contribution is -0.129. The molecule has 0 atom stereocenters. The molecule has 0 saturated carbocycles. The van der Waals surface area contributed by atoms with E-state index in [2.05, 4.69) is 29.2 Å². The first-order valence-corrected chi connectivity index (χ1v) is 11.2. The maximum atomic E-state index is 13.0. The molecule has 1 saturated heterocycles. The van der Waals surface area contributed by atoms with Crippen LogP contribution in [0.3, 0.4) is 0 Å². The van der Waals surface area contributed by atoms with Gasteiger partial charge < -0.3 is 20.0 Å². The van der Waals surface area contributed by atoms with E-state index in [-0.39, 0.29) is 17.9 Å². The van der Waals surface area contributed by atoms with Crippen LogP contribution in [0.2, 0.25) is 0 Å². The number of carbonyl (C=O) groups excluding carboxylic acids is 2. The van der Waals surface area contributed by atoms with Crippen molar-refractivity contribution in [1.82, 2.24) is 29.5 Å². The molecule has 0 spiro atoms. The minimum atomic E-state index is -0.0586. The summed E-state index contributed by atoms with van der Waals surface area (Å²) in [6.45, 7) is 13.4. The van der Waals surface area contributed by atoms with Gasteiger partial charge in [0.25, 0.3) is 5.91 Å². The van der Waals surface area contributed by atoms with Crippen molar-refractivity contribution in [3.8, 4) is 0 Å². The van der Waals surface area contributed by atoms with Crippen LogP contribution in [0.15, 0.2) is 12.4 Å². The van der Waals surface area contributed by atoms with Gasteiger partial charge in [0, 0.05) is 69.1 Å². The van der Waals surface area contributed by atoms with Crippen molar-refractivity contribution in [3.05, 3.63) is 29.2 Å². The second-order valence-electron chi connectivity index (χ2n) is 9.00. The van der Waals surface area contributed by atoms with Crippen LogP contribution in [0.25, 0.3) is 0 Å². The van der Waals surface area contributed by atoms with Gasteiger partial charge in [-0.2, -0.15) is 10.1 Å². The standard InChI is InChI=1S/C22H32N8O2/c1-14(2)29-13-18-19(21(29)32)25-22(28-8-6-27(7-9-28)16(5)31)26-20(18)23-10-17-11-24-30(12-17)15(3)4/h11-12,14-15H,6-10,13H2,1-5H3,(H,23,25,26). The zero-order valence-corrected chi connectivity index (χ0v) is 19.5. The quantitative estimate of drug-likeness (QED) is 0.732. The number of nitrogens with one attached hydrogen (secondary N) is 1. The van der Waals surface area contributed by atoms with Crippen LogP contribution in [0.5, 0.6) is 0 Å². The molecule has 0 bridgehead atoms. The van der Waals surface area contributed by atoms with E-state index < -0.39 is 0 Å². The molecule has 32 heavy (non-hydrogen) atoms. The number of rotatable bonds is 6. The Morgan fingerprint density at radius 3 is 2.41 bits per heavy atom. The second kappa shape index (κ2) is 8.76. The summed E-state index contributed by atoms with van der Waals surface area (Å²) in [5.41, 5.74) is 2.36. The molecule has 10 nitrogen and oxygen atoms in total. The Kier molecular flexibility index (Phi) is 6.03. The van der Waals surface area contributed by atoms with E-state index in [1.165, 1.54) is 0 Å². The highest BCUT2D eigenvalue weighted by Crippen LogP contribution is 2.31. The van der Waals surface area contributed by atoms with Crippen molar-refractivity contribution < 1.29 is 9.59 Å². The monoisotopic (exact) mass is 440 g/mol. The third-order valence-corrected chi connectivity index (χ3v) is 6.06. The van der Waals surface area contributed by atoms with Crippen molar-refractivity contribution in [1.29, 1.82) is 0 Å². The van der Waals surface area contributed by atoms with Crippen LogP contribution in [0.4, 0.5) is 11.8 Å². The zero-order valence-electron chi connectivity index (χ0n) is 19.5. The molecule has 1 fully saturated rings. The number of amides is 2. The van der Waals surface area contributed by atoms with Crippen LogP contribution in [0.1, 0.15) is 62.3 Å². The summed E-state index contributed by atoms with van der Waals surface area (Å²) in [7, 11) is 0. The predicted octanol–water partition coefficient (Wildman–Crippen LogP) is 1.90. The fourth-order valence-electron chi connectivity index (χ4n) is 4.04. The van der Waals surface area contributed by atoms with E-state index in [9.17, 15) is 9.59 Å². The van der Waals surface area contributed by atoms with Gasteiger partial charge >= 0.3 is 0 Å². The maximum Gasteiger partial charge on any atom is 0.273 e. The third kappa shape index (κ3) is 4.26. The van der Waals surface area contributed by atoms with Gasteiger partial charge in [-0.15, -0.1) is 0 Å². The largest absolute Gasteiger partial charge is 0.365 e. The zero-order chi connectivity index (χ0) is 23.0. The van der Waals surface area contributed by atoms with Crippen LogP contribution in [-0.4, -0.2) is 73.6 Å². The highest BCUT2D eigenvalue weighted by molar-refractivity contribution is 5.98. The summed E-state index contributed by atoms with van der Waals surface area (Å²) in [6, 6.07) is 0.376. The molecular formula is C22H32N8O2. The summed E-state index contributed by atoms with van der Waals surface area (Å²) >= 11 is 0. The molecule has 0 aromatic carbocycles. The lowest BCUT2D eigenvalue weighted by Gasteiger charge is -2.34. The Labute approximate surface area is 188 Å². The summed E-state index contributed by atoms with van der Waals surface area (Å²) in [6.07, 6.45) is 3.87. The summed E-state index contributed by atoms with van der Waals surface area (Å²) in [5.74, 6) is 1.24. The number of aromatic nitrogens is 4. The molecule has 0 radical (unpaired) electrons. The molecule has 4 heterocycles. The molecule has 2 aliphatic heterocycles. The van der Waals surface area contributed by atoms with Crippen LogP contribution in [0, 0.1) is 0 Å². The van der Waals surface area contributed by atoms with E-state index in [1.807, 2.05) is 45.6 Å². The SMILES string of the molecule is CC(=O)N1CCN(c2nc(NCc3cnn(C(C)C)c3)c3c(n2)C(=O)N(C(C)C)C3)CC1. The second-order valence-corrected chi connectivity index (χ2v) is 9.00. The highest BCUT2D eigenvalue weighted by Gasteiger charge is 2.35. The van der Waals surface area contributed by atoms with E-state index in [0.717, 1.165) is 11.1 Å². The topological polar surface area (TPSA) is 99.5 Å². The van der Waals surface area contributed by atoms with Crippen molar-refractivity contribution in [2.75, 3.05) is 36.4 Å². The minimum Gasteiger partial charge on any atom is -0.365 e. The van der Waals surface area contributed by atoms with E-state index in [0.29, 0.717) is 62.8 Å². The van der Waals surface area contributed by atoms with E-state index in [4.69, 9.17) is 4.98 Å². The summed E-state index contributed by atoms with van der Waals surface area (Å²) < 4.78 is 1.92. The average Bonchev–Trinajstić information content (AvgIpc) is 3.37. The molecule has 172 valence electrons. The molecule has 0 unspecified atom stereocenters. The number of hydrogen-bond acceptors (Lipinski definition) is 7. The number of anilines is 2. The van der Waals surface area contributed by atoms with E-state index in [1.54, 1.807) is 6.92 Å². The van der Waals surface area contributed by atoms with Crippen LogP contribution < -0.4 is 10.2 Å². The smallest absolute Gasteiger partial charge is 0.273 e. The van der Waals surface area contributed by atoms with Gasteiger partial charge in [0.15, 0.2) is 0 Å². The van der Waals surface area contributed by atoms with Gasteiger partial charge in [-0.1, -0.05) is 0 Å². The number of nitrogens with zero attached hydrogens (tertiary/aromatic N) is 7. The third-order valence-electron chi connectivity index (χ3n) is 6.06. The van der Waals surface area contributed by atoms with Crippen molar-refractivity contribution >= 4 is 23.6 Å². The maximum absolute atomic E-state index is 13.0. The molecule has 2 aliphatic rings. The number of piperazine rings is 1. The molecule has 4 rings (SSSR count). The summed E-state index contributed by atoms with van der Waals surface area (Å²) in [4.78, 5) is 39.9. The van der Waals surface area contributed by atoms with Gasteiger partial charge in [0.2, 0.25) is 11.9 Å². The minimum absolute atomic E-state index is 0.0586. The average molecular weight is 441 g/mol. The molecule has 2 aromatic heterocycles. The summed E-state index contributed by atoms with van der Waals surface area (Å²) in [5, 5.41) is 7.83. The van der Waals surface area contributed by atoms with Gasteiger partial charge in [-0.05, 0) is 27.7 Å². The fourth-order valence-corrected chi connectivity index (χ4v) is 4.04. The molecule has 2 aromatic rings. The predicted molar refractivity (Wildman–Crippen MR) is 121 cm³/mol. The highest BCUT2D eigenvalue weighted by atomic mass is 16.2. The Morgan fingerprint density at radius 1 is 1.09 bits per heavy atom. The van der Waals surface area contributed by atoms with Gasteiger partial charge in [-0.25, -0.2) is 4.98 Å². The molecule has 0 aliphatic carbocycles. The van der Waals surface area contributed by atoms with Crippen LogP contribution >= 0.6 is 0 Å². The Balaban J connectivity index is 1.60. The first kappa shape index (κ1) is 22.0.